The van der Waals surface area contributed by atoms with E-state index < -0.39 is 0 Å². The van der Waals surface area contributed by atoms with Crippen LogP contribution in [0.5, 0.6) is 0 Å². The number of hydrogen-bond acceptors (Lipinski definition) is 3. The van der Waals surface area contributed by atoms with Crippen molar-refractivity contribution in [2.24, 2.45) is 0 Å². The second-order valence-corrected chi connectivity index (χ2v) is 7.86. The second-order valence-electron chi connectivity index (χ2n) is 5.96. The monoisotopic (exact) mass is 422 g/mol. The van der Waals surface area contributed by atoms with Gasteiger partial charge in [-0.3, -0.25) is 4.79 Å². The molecule has 1 aliphatic heterocycles. The summed E-state index contributed by atoms with van der Waals surface area (Å²) in [5.74, 6) is 1.32. The molecule has 3 rings (SSSR count). The maximum atomic E-state index is 13.0. The van der Waals surface area contributed by atoms with Gasteiger partial charge in [0.2, 0.25) is 5.91 Å². The van der Waals surface area contributed by atoms with Crippen LogP contribution in [0.1, 0.15) is 5.56 Å². The quantitative estimate of drug-likeness (QED) is 0.722. The van der Waals surface area contributed by atoms with Crippen LogP contribution in [0.4, 0.5) is 10.1 Å². The van der Waals surface area contributed by atoms with Crippen LogP contribution in [0.2, 0.25) is 0 Å². The molecular weight excluding hydrogens is 403 g/mol. The number of benzene rings is 2. The molecule has 1 fully saturated rings. The minimum atomic E-state index is -0.222. The summed E-state index contributed by atoms with van der Waals surface area (Å²) in [4.78, 5) is 16.5. The highest BCUT2D eigenvalue weighted by Crippen LogP contribution is 2.19. The van der Waals surface area contributed by atoms with Gasteiger partial charge in [-0.1, -0.05) is 28.1 Å². The Balaban J connectivity index is 1.42. The topological polar surface area (TPSA) is 23.6 Å². The average molecular weight is 423 g/mol. The van der Waals surface area contributed by atoms with Gasteiger partial charge in [-0.15, -0.1) is 11.8 Å². The number of piperazine rings is 1. The number of rotatable bonds is 5. The summed E-state index contributed by atoms with van der Waals surface area (Å²) in [6.07, 6.45) is 0. The summed E-state index contributed by atoms with van der Waals surface area (Å²) in [7, 11) is 0. The number of nitrogens with zero attached hydrogens (tertiary/aromatic N) is 2. The molecule has 25 heavy (non-hydrogen) atoms. The lowest BCUT2D eigenvalue weighted by Gasteiger charge is -2.36. The predicted octanol–water partition coefficient (Wildman–Crippen LogP) is 4.17. The maximum Gasteiger partial charge on any atom is 0.232 e. The van der Waals surface area contributed by atoms with Gasteiger partial charge in [-0.25, -0.2) is 4.39 Å². The first kappa shape index (κ1) is 18.3. The van der Waals surface area contributed by atoms with Crippen LogP contribution < -0.4 is 4.90 Å². The largest absolute Gasteiger partial charge is 0.368 e. The van der Waals surface area contributed by atoms with Crippen molar-refractivity contribution in [1.29, 1.82) is 0 Å². The van der Waals surface area contributed by atoms with E-state index in [0.29, 0.717) is 5.75 Å². The van der Waals surface area contributed by atoms with Crippen LogP contribution in [-0.2, 0) is 10.5 Å². The van der Waals surface area contributed by atoms with E-state index in [4.69, 9.17) is 0 Å². The van der Waals surface area contributed by atoms with Gasteiger partial charge in [-0.2, -0.15) is 0 Å². The summed E-state index contributed by atoms with van der Waals surface area (Å²) in [6.45, 7) is 3.01. The van der Waals surface area contributed by atoms with Crippen LogP contribution in [-0.4, -0.2) is 42.7 Å². The van der Waals surface area contributed by atoms with Crippen molar-refractivity contribution in [3.05, 3.63) is 64.4 Å². The van der Waals surface area contributed by atoms with Crippen LogP contribution in [0.15, 0.2) is 53.0 Å². The lowest BCUT2D eigenvalue weighted by Crippen LogP contribution is -2.49. The Morgan fingerprint density at radius 2 is 1.64 bits per heavy atom. The van der Waals surface area contributed by atoms with Crippen molar-refractivity contribution in [2.75, 3.05) is 36.8 Å². The molecular formula is C19H20BrFN2OS. The molecule has 1 saturated heterocycles. The van der Waals surface area contributed by atoms with E-state index in [1.165, 1.54) is 17.7 Å². The van der Waals surface area contributed by atoms with E-state index in [1.54, 1.807) is 23.9 Å². The Morgan fingerprint density at radius 1 is 1.00 bits per heavy atom. The molecule has 3 nitrogen and oxygen atoms in total. The summed E-state index contributed by atoms with van der Waals surface area (Å²) in [5, 5.41) is 0. The zero-order chi connectivity index (χ0) is 17.6. The standard InChI is InChI=1S/C19H20BrFN2OS/c20-16-3-1-15(2-4-16)13-25-14-19(24)23-11-9-22(10-12-23)18-7-5-17(21)6-8-18/h1-8H,9-14H2. The maximum absolute atomic E-state index is 13.0. The molecule has 1 aliphatic rings. The molecule has 1 amide bonds. The highest BCUT2D eigenvalue weighted by molar-refractivity contribution is 9.10. The third kappa shape index (κ3) is 5.22. The van der Waals surface area contributed by atoms with Crippen LogP contribution in [0.3, 0.4) is 0 Å². The smallest absolute Gasteiger partial charge is 0.232 e. The fraction of sp³-hybridized carbons (Fsp3) is 0.316. The number of hydrogen-bond donors (Lipinski definition) is 0. The highest BCUT2D eigenvalue weighted by Gasteiger charge is 2.21. The van der Waals surface area contributed by atoms with Gasteiger partial charge in [0.1, 0.15) is 5.82 Å². The summed E-state index contributed by atoms with van der Waals surface area (Å²) in [6, 6.07) is 14.7. The fourth-order valence-electron chi connectivity index (χ4n) is 2.79. The van der Waals surface area contributed by atoms with Crippen LogP contribution in [0, 0.1) is 5.82 Å². The molecule has 0 bridgehead atoms. The number of anilines is 1. The number of carbonyl (C=O) groups is 1. The number of halogens is 2. The zero-order valence-electron chi connectivity index (χ0n) is 13.8. The lowest BCUT2D eigenvalue weighted by atomic mass is 10.2. The molecule has 0 radical (unpaired) electrons. The molecule has 2 aromatic carbocycles. The Hall–Kier alpha value is -1.53. The van der Waals surface area contributed by atoms with Crippen LogP contribution >= 0.6 is 27.7 Å². The van der Waals surface area contributed by atoms with E-state index in [9.17, 15) is 9.18 Å². The highest BCUT2D eigenvalue weighted by atomic mass is 79.9. The van der Waals surface area contributed by atoms with Crippen molar-refractivity contribution in [1.82, 2.24) is 4.90 Å². The third-order valence-corrected chi connectivity index (χ3v) is 5.75. The van der Waals surface area contributed by atoms with Crippen molar-refractivity contribution >= 4 is 39.3 Å². The molecule has 0 aromatic heterocycles. The first-order chi connectivity index (χ1) is 12.1. The molecule has 0 spiro atoms. The van der Waals surface area contributed by atoms with E-state index >= 15 is 0 Å². The van der Waals surface area contributed by atoms with Gasteiger partial charge >= 0.3 is 0 Å². The predicted molar refractivity (Wildman–Crippen MR) is 105 cm³/mol. The SMILES string of the molecule is O=C(CSCc1ccc(Br)cc1)N1CCN(c2ccc(F)cc2)CC1. The molecule has 1 heterocycles. The van der Waals surface area contributed by atoms with Gasteiger partial charge in [0.05, 0.1) is 5.75 Å². The Morgan fingerprint density at radius 3 is 2.28 bits per heavy atom. The van der Waals surface area contributed by atoms with Crippen molar-refractivity contribution in [3.63, 3.8) is 0 Å². The van der Waals surface area contributed by atoms with E-state index in [1.807, 2.05) is 17.0 Å². The molecule has 0 N–H and O–H groups in total. The van der Waals surface area contributed by atoms with Gasteiger partial charge < -0.3 is 9.80 Å². The Kier molecular flexibility index (Phi) is 6.37. The van der Waals surface area contributed by atoms with Gasteiger partial charge in [0, 0.05) is 42.1 Å². The molecule has 0 unspecified atom stereocenters. The normalized spacial score (nSPS) is 14.6. The van der Waals surface area contributed by atoms with E-state index in [2.05, 4.69) is 33.0 Å². The lowest BCUT2D eigenvalue weighted by molar-refractivity contribution is -0.128. The summed E-state index contributed by atoms with van der Waals surface area (Å²) >= 11 is 5.07. The van der Waals surface area contributed by atoms with Crippen molar-refractivity contribution in [3.8, 4) is 0 Å². The molecule has 132 valence electrons. The van der Waals surface area contributed by atoms with Crippen molar-refractivity contribution in [2.45, 2.75) is 5.75 Å². The van der Waals surface area contributed by atoms with E-state index in [-0.39, 0.29) is 11.7 Å². The molecule has 0 aliphatic carbocycles. The second kappa shape index (κ2) is 8.72. The van der Waals surface area contributed by atoms with E-state index in [0.717, 1.165) is 42.1 Å². The zero-order valence-corrected chi connectivity index (χ0v) is 16.2. The minimum absolute atomic E-state index is 0.195. The van der Waals surface area contributed by atoms with Gasteiger partial charge in [-0.05, 0) is 42.0 Å². The third-order valence-electron chi connectivity index (χ3n) is 4.23. The van der Waals surface area contributed by atoms with Gasteiger partial charge in [0.25, 0.3) is 0 Å². The molecule has 0 atom stereocenters. The van der Waals surface area contributed by atoms with Gasteiger partial charge in [0.15, 0.2) is 0 Å². The fourth-order valence-corrected chi connectivity index (χ4v) is 3.95. The Labute approximate surface area is 160 Å². The summed E-state index contributed by atoms with van der Waals surface area (Å²) < 4.78 is 14.1. The number of thioether (sulfide) groups is 1. The van der Waals surface area contributed by atoms with Crippen LogP contribution in [0.25, 0.3) is 0 Å². The molecule has 0 saturated carbocycles. The first-order valence-electron chi connectivity index (χ1n) is 8.22. The number of carbonyl (C=O) groups excluding carboxylic acids is 1. The molecule has 6 heteroatoms. The average Bonchev–Trinajstić information content (AvgIpc) is 2.64. The molecule has 2 aromatic rings. The number of amides is 1. The van der Waals surface area contributed by atoms with Crippen molar-refractivity contribution < 1.29 is 9.18 Å². The first-order valence-corrected chi connectivity index (χ1v) is 10.2. The summed E-state index contributed by atoms with van der Waals surface area (Å²) in [5.41, 5.74) is 2.24. The minimum Gasteiger partial charge on any atom is -0.368 e. The Bertz CT molecular complexity index is 700.